The zero-order valence-corrected chi connectivity index (χ0v) is 11.4. The van der Waals surface area contributed by atoms with Crippen molar-refractivity contribution >= 4 is 27.7 Å². The van der Waals surface area contributed by atoms with Crippen molar-refractivity contribution in [3.05, 3.63) is 42.1 Å². The molecular weight excluding hydrogens is 279 g/mol. The number of hydrogen-bond donors (Lipinski definition) is 2. The van der Waals surface area contributed by atoms with Gasteiger partial charge in [0.25, 0.3) is 0 Å². The third-order valence-corrected chi connectivity index (χ3v) is 4.37. The van der Waals surface area contributed by atoms with Crippen molar-refractivity contribution in [3.63, 3.8) is 0 Å². The zero-order valence-electron chi connectivity index (χ0n) is 10.6. The number of fused-ring (bicyclic) bond motifs is 1. The Kier molecular flexibility index (Phi) is 2.98. The van der Waals surface area contributed by atoms with Crippen molar-refractivity contribution in [3.8, 4) is 0 Å². The minimum absolute atomic E-state index is 0.0800. The highest BCUT2D eigenvalue weighted by Gasteiger charge is 2.21. The van der Waals surface area contributed by atoms with Crippen LogP contribution in [-0.2, 0) is 10.8 Å². The summed E-state index contributed by atoms with van der Waals surface area (Å²) >= 11 is 0. The van der Waals surface area contributed by atoms with E-state index in [9.17, 15) is 8.60 Å². The third kappa shape index (κ3) is 1.96. The molecule has 3 N–H and O–H groups in total. The summed E-state index contributed by atoms with van der Waals surface area (Å²) in [6, 6.07) is 5.90. The fourth-order valence-corrected chi connectivity index (χ4v) is 3.21. The van der Waals surface area contributed by atoms with Crippen LogP contribution in [0.2, 0.25) is 0 Å². The average Bonchev–Trinajstić information content (AvgIpc) is 2.74. The molecule has 0 radical (unpaired) electrons. The van der Waals surface area contributed by atoms with E-state index in [0.717, 1.165) is 0 Å². The Hall–Kier alpha value is -2.28. The van der Waals surface area contributed by atoms with Crippen molar-refractivity contribution in [1.82, 2.24) is 15.0 Å². The topological polar surface area (TPSA) is 84.7 Å². The second-order valence-electron chi connectivity index (χ2n) is 4.25. The molecule has 1 atom stereocenters. The fraction of sp³-hybridized carbons (Fsp3) is 0.0769. The molecular formula is C13H11FN4OS. The van der Waals surface area contributed by atoms with Crippen LogP contribution in [0.3, 0.4) is 0 Å². The number of anilines is 1. The molecule has 102 valence electrons. The number of nitrogens with two attached hydrogens (primary N) is 1. The summed E-state index contributed by atoms with van der Waals surface area (Å²) in [5, 5.41) is 0. The second kappa shape index (κ2) is 4.68. The number of rotatable bonds is 2. The summed E-state index contributed by atoms with van der Waals surface area (Å²) in [6.07, 6.45) is 1.57. The molecule has 0 saturated carbocycles. The normalized spacial score (nSPS) is 12.7. The Bertz CT molecular complexity index is 830. The lowest BCUT2D eigenvalue weighted by atomic mass is 10.3. The molecule has 1 aromatic carbocycles. The Labute approximate surface area is 116 Å². The van der Waals surface area contributed by atoms with E-state index in [-0.39, 0.29) is 15.6 Å². The number of nitrogens with one attached hydrogen (secondary N) is 1. The maximum Gasteiger partial charge on any atom is 0.139 e. The Morgan fingerprint density at radius 1 is 1.35 bits per heavy atom. The number of aromatic nitrogens is 3. The molecule has 0 aliphatic rings. The molecule has 20 heavy (non-hydrogen) atoms. The predicted octanol–water partition coefficient (Wildman–Crippen LogP) is 2.15. The van der Waals surface area contributed by atoms with Crippen molar-refractivity contribution in [2.45, 2.75) is 16.7 Å². The van der Waals surface area contributed by atoms with Crippen molar-refractivity contribution in [2.75, 3.05) is 5.73 Å². The van der Waals surface area contributed by atoms with E-state index in [4.69, 9.17) is 5.73 Å². The van der Waals surface area contributed by atoms with Crippen LogP contribution in [0.1, 0.15) is 5.82 Å². The van der Waals surface area contributed by atoms with E-state index in [1.807, 2.05) is 0 Å². The van der Waals surface area contributed by atoms with Crippen molar-refractivity contribution < 1.29 is 8.60 Å². The maximum atomic E-state index is 13.8. The summed E-state index contributed by atoms with van der Waals surface area (Å²) < 4.78 is 26.4. The summed E-state index contributed by atoms with van der Waals surface area (Å²) in [4.78, 5) is 11.5. The molecule has 3 aromatic rings. The van der Waals surface area contributed by atoms with Crippen LogP contribution in [0.25, 0.3) is 11.0 Å². The first-order valence-corrected chi connectivity index (χ1v) is 7.00. The van der Waals surface area contributed by atoms with Crippen LogP contribution in [-0.4, -0.2) is 19.2 Å². The average molecular weight is 290 g/mol. The number of nitrogen functional groups attached to an aromatic ring is 1. The Morgan fingerprint density at radius 2 is 2.10 bits per heavy atom. The van der Waals surface area contributed by atoms with Gasteiger partial charge in [-0.3, -0.25) is 0 Å². The number of aromatic amines is 1. The van der Waals surface area contributed by atoms with E-state index in [1.54, 1.807) is 25.3 Å². The monoisotopic (exact) mass is 290 g/mol. The van der Waals surface area contributed by atoms with Crippen LogP contribution in [0, 0.1) is 12.7 Å². The van der Waals surface area contributed by atoms with Gasteiger partial charge in [0.05, 0.1) is 27.4 Å². The van der Waals surface area contributed by atoms with E-state index >= 15 is 0 Å². The van der Waals surface area contributed by atoms with Gasteiger partial charge in [-0.15, -0.1) is 0 Å². The number of H-pyrrole nitrogens is 1. The molecule has 1 unspecified atom stereocenters. The van der Waals surface area contributed by atoms with Gasteiger partial charge in [0.2, 0.25) is 0 Å². The molecule has 0 amide bonds. The molecule has 0 aliphatic heterocycles. The van der Waals surface area contributed by atoms with Gasteiger partial charge in [-0.25, -0.2) is 18.6 Å². The summed E-state index contributed by atoms with van der Waals surface area (Å²) in [5.41, 5.74) is 6.88. The van der Waals surface area contributed by atoms with Gasteiger partial charge in [-0.1, -0.05) is 12.1 Å². The third-order valence-electron chi connectivity index (χ3n) is 2.86. The zero-order chi connectivity index (χ0) is 14.3. The van der Waals surface area contributed by atoms with Gasteiger partial charge >= 0.3 is 0 Å². The summed E-state index contributed by atoms with van der Waals surface area (Å²) in [5.74, 6) is 0.204. The van der Waals surface area contributed by atoms with E-state index in [0.29, 0.717) is 16.9 Å². The van der Waals surface area contributed by atoms with Gasteiger partial charge in [-0.2, -0.15) is 0 Å². The minimum Gasteiger partial charge on any atom is -0.384 e. The van der Waals surface area contributed by atoms with Crippen LogP contribution in [0.5, 0.6) is 0 Å². The molecule has 0 bridgehead atoms. The molecule has 7 heteroatoms. The lowest BCUT2D eigenvalue weighted by Gasteiger charge is -2.03. The van der Waals surface area contributed by atoms with Crippen molar-refractivity contribution in [2.24, 2.45) is 0 Å². The van der Waals surface area contributed by atoms with E-state index in [1.165, 1.54) is 12.1 Å². The number of nitrogens with zero attached hydrogens (tertiary/aromatic N) is 2. The number of hydrogen-bond acceptors (Lipinski definition) is 4. The van der Waals surface area contributed by atoms with E-state index in [2.05, 4.69) is 15.0 Å². The smallest absolute Gasteiger partial charge is 0.139 e. The summed E-state index contributed by atoms with van der Waals surface area (Å²) in [6.45, 7) is 1.72. The molecule has 3 rings (SSSR count). The molecule has 2 heterocycles. The first-order chi connectivity index (χ1) is 9.58. The Morgan fingerprint density at radius 3 is 2.85 bits per heavy atom. The highest BCUT2D eigenvalue weighted by Crippen LogP contribution is 2.29. The van der Waals surface area contributed by atoms with Crippen LogP contribution >= 0.6 is 0 Å². The maximum absolute atomic E-state index is 13.8. The van der Waals surface area contributed by atoms with E-state index < -0.39 is 16.6 Å². The quantitative estimate of drug-likeness (QED) is 0.757. The lowest BCUT2D eigenvalue weighted by Crippen LogP contribution is -2.00. The van der Waals surface area contributed by atoms with Gasteiger partial charge in [-0.05, 0) is 19.1 Å². The molecule has 2 aromatic heterocycles. The molecule has 5 nitrogen and oxygen atoms in total. The Balaban J connectivity index is 2.24. The molecule has 0 aliphatic carbocycles. The first-order valence-electron chi connectivity index (χ1n) is 5.85. The number of halogens is 1. The van der Waals surface area contributed by atoms with Gasteiger partial charge in [0, 0.05) is 0 Å². The summed E-state index contributed by atoms with van der Waals surface area (Å²) in [7, 11) is -1.74. The van der Waals surface area contributed by atoms with Crippen LogP contribution < -0.4 is 5.73 Å². The highest BCUT2D eigenvalue weighted by atomic mass is 32.2. The number of aryl methyl sites for hydroxylation is 1. The standard InChI is InChI=1S/C13H11FN4OS/c1-7-16-6-9-11(17-7)12(13(15)18-9)20(19)10-5-3-2-4-8(10)14/h2-6,18H,15H2,1H3. The fourth-order valence-electron chi connectivity index (χ4n) is 1.96. The van der Waals surface area contributed by atoms with Crippen LogP contribution in [0.4, 0.5) is 10.2 Å². The molecule has 0 fully saturated rings. The molecule has 0 saturated heterocycles. The predicted molar refractivity (Wildman–Crippen MR) is 74.1 cm³/mol. The second-order valence-corrected chi connectivity index (χ2v) is 5.63. The minimum atomic E-state index is -1.74. The first kappa shape index (κ1) is 12.7. The van der Waals surface area contributed by atoms with Gasteiger partial charge in [0.1, 0.15) is 27.9 Å². The van der Waals surface area contributed by atoms with Gasteiger partial charge in [0.15, 0.2) is 0 Å². The highest BCUT2D eigenvalue weighted by molar-refractivity contribution is 7.85. The van der Waals surface area contributed by atoms with Crippen LogP contribution in [0.15, 0.2) is 40.3 Å². The van der Waals surface area contributed by atoms with Crippen molar-refractivity contribution in [1.29, 1.82) is 0 Å². The molecule has 0 spiro atoms. The lowest BCUT2D eigenvalue weighted by molar-refractivity contribution is 0.595. The number of benzene rings is 1. The largest absolute Gasteiger partial charge is 0.384 e. The SMILES string of the molecule is Cc1ncc2[nH]c(N)c(S(=O)c3ccccc3F)c2n1. The van der Waals surface area contributed by atoms with Gasteiger partial charge < -0.3 is 10.7 Å².